The molecule has 3 unspecified atom stereocenters. The number of ether oxygens (including phenoxy) is 1. The van der Waals surface area contributed by atoms with Gasteiger partial charge < -0.3 is 28.5 Å². The number of likely N-dealkylation sites (N-methyl/N-ethyl adjacent to an activating group) is 1. The second kappa shape index (κ2) is 51.4. The average Bonchev–Trinajstić information content (AvgIpc) is 3.35. The Morgan fingerprint density at radius 3 is 1.29 bits per heavy atom. The van der Waals surface area contributed by atoms with Crippen LogP contribution in [0.4, 0.5) is 0 Å². The highest BCUT2D eigenvalue weighted by atomic mass is 31.2. The van der Waals surface area contributed by atoms with E-state index in [0.29, 0.717) is 23.9 Å². The fraction of sp³-hybridized carbons (Fsp3) is 0.587. The first-order chi connectivity index (χ1) is 35.4. The molecule has 0 aromatic heterocycles. The van der Waals surface area contributed by atoms with Gasteiger partial charge in [-0.3, -0.25) is 14.2 Å². The summed E-state index contributed by atoms with van der Waals surface area (Å²) in [6, 6.07) is -0.969. The van der Waals surface area contributed by atoms with Crippen LogP contribution in [0.15, 0.2) is 146 Å². The molecule has 73 heavy (non-hydrogen) atoms. The van der Waals surface area contributed by atoms with E-state index in [1.807, 2.05) is 51.5 Å². The molecule has 0 fully saturated rings. The van der Waals surface area contributed by atoms with Crippen LogP contribution in [-0.4, -0.2) is 69.4 Å². The summed E-state index contributed by atoms with van der Waals surface area (Å²) in [5, 5.41) is 2.94. The molecule has 0 aliphatic rings. The monoisotopic (exact) mass is 1030 g/mol. The number of quaternary nitrogens is 1. The van der Waals surface area contributed by atoms with Gasteiger partial charge in [0.1, 0.15) is 19.3 Å². The lowest BCUT2D eigenvalue weighted by molar-refractivity contribution is -0.870. The molecule has 0 spiro atoms. The van der Waals surface area contributed by atoms with E-state index in [-0.39, 0.29) is 25.4 Å². The van der Waals surface area contributed by atoms with E-state index in [1.165, 1.54) is 51.4 Å². The van der Waals surface area contributed by atoms with Crippen LogP contribution in [-0.2, 0) is 27.9 Å². The van der Waals surface area contributed by atoms with Gasteiger partial charge in [-0.05, 0) is 102 Å². The van der Waals surface area contributed by atoms with E-state index in [9.17, 15) is 19.0 Å². The number of hydrogen-bond donors (Lipinski definition) is 1. The lowest BCUT2D eigenvalue weighted by atomic mass is 10.1. The van der Waals surface area contributed by atoms with Crippen LogP contribution < -0.4 is 10.2 Å². The fourth-order valence-electron chi connectivity index (χ4n) is 7.00. The molecule has 1 amide bonds. The van der Waals surface area contributed by atoms with Crippen LogP contribution in [0.25, 0.3) is 0 Å². The van der Waals surface area contributed by atoms with Gasteiger partial charge in [0.25, 0.3) is 7.82 Å². The first kappa shape index (κ1) is 68.9. The SMILES string of the molecule is CC/C=C\C/C=C\C/C=C\C/C=C\C/C=C\C/C=C\CCC(=O)OC(/C=C/CCCCCCCCCCCC)C(COP(=O)([O-])OCC[N+](C)(C)C)NC(=O)CC/C=C/C/C=C/C/C=C/C/C=C/C/C=C/CC. The highest BCUT2D eigenvalue weighted by Crippen LogP contribution is 2.38. The Bertz CT molecular complexity index is 1760. The van der Waals surface area contributed by atoms with Crippen LogP contribution in [0.3, 0.4) is 0 Å². The van der Waals surface area contributed by atoms with Gasteiger partial charge in [0, 0.05) is 12.8 Å². The molecule has 0 radical (unpaired) electrons. The van der Waals surface area contributed by atoms with E-state index < -0.39 is 32.5 Å². The summed E-state index contributed by atoms with van der Waals surface area (Å²) < 4.78 is 30.1. The lowest BCUT2D eigenvalue weighted by Crippen LogP contribution is -2.47. The summed E-state index contributed by atoms with van der Waals surface area (Å²) in [5.41, 5.74) is 0. The third kappa shape index (κ3) is 52.6. The maximum atomic E-state index is 13.4. The van der Waals surface area contributed by atoms with Crippen LogP contribution in [0.1, 0.15) is 188 Å². The first-order valence-electron chi connectivity index (χ1n) is 28.1. The number of allylic oxidation sites excluding steroid dienone is 23. The number of rotatable bonds is 48. The Morgan fingerprint density at radius 2 is 0.877 bits per heavy atom. The highest BCUT2D eigenvalue weighted by molar-refractivity contribution is 7.45. The molecular formula is C63H103N2O7P. The van der Waals surface area contributed by atoms with Crippen molar-refractivity contribution in [2.45, 2.75) is 200 Å². The van der Waals surface area contributed by atoms with Crippen molar-refractivity contribution < 1.29 is 37.3 Å². The number of unbranched alkanes of at least 4 members (excludes halogenated alkanes) is 10. The molecule has 0 bridgehead atoms. The Kier molecular flexibility index (Phi) is 48.5. The third-order valence-corrected chi connectivity index (χ3v) is 12.3. The van der Waals surface area contributed by atoms with Gasteiger partial charge in [-0.25, -0.2) is 0 Å². The molecule has 412 valence electrons. The van der Waals surface area contributed by atoms with Crippen molar-refractivity contribution in [3.05, 3.63) is 146 Å². The van der Waals surface area contributed by atoms with Gasteiger partial charge in [0.2, 0.25) is 5.91 Å². The van der Waals surface area contributed by atoms with Gasteiger partial charge in [0.05, 0.1) is 33.8 Å². The number of phosphoric acid groups is 1. The number of phosphoric ester groups is 1. The fourth-order valence-corrected chi connectivity index (χ4v) is 7.73. The van der Waals surface area contributed by atoms with E-state index in [0.717, 1.165) is 89.9 Å². The Hall–Kier alpha value is -4.11. The van der Waals surface area contributed by atoms with Gasteiger partial charge in [-0.1, -0.05) is 218 Å². The summed E-state index contributed by atoms with van der Waals surface area (Å²) >= 11 is 0. The summed E-state index contributed by atoms with van der Waals surface area (Å²) in [7, 11) is 1.08. The van der Waals surface area contributed by atoms with Crippen LogP contribution in [0.2, 0.25) is 0 Å². The Balaban J connectivity index is 5.61. The molecule has 0 aromatic rings. The van der Waals surface area contributed by atoms with Crippen molar-refractivity contribution in [1.82, 2.24) is 5.32 Å². The molecular weight excluding hydrogens is 928 g/mol. The van der Waals surface area contributed by atoms with Crippen LogP contribution in [0, 0.1) is 0 Å². The number of hydrogen-bond acceptors (Lipinski definition) is 7. The number of carbonyl (C=O) groups excluding carboxylic acids is 2. The van der Waals surface area contributed by atoms with Crippen molar-refractivity contribution in [3.63, 3.8) is 0 Å². The maximum Gasteiger partial charge on any atom is 0.306 e. The molecule has 0 rings (SSSR count). The quantitative estimate of drug-likeness (QED) is 0.0212. The number of carbonyl (C=O) groups is 2. The predicted octanol–water partition coefficient (Wildman–Crippen LogP) is 16.5. The summed E-state index contributed by atoms with van der Waals surface area (Å²) in [4.78, 5) is 39.8. The van der Waals surface area contributed by atoms with Crippen molar-refractivity contribution in [1.29, 1.82) is 0 Å². The molecule has 0 heterocycles. The molecule has 9 nitrogen and oxygen atoms in total. The standard InChI is InChI=1S/C63H103N2O7P/c1-7-10-13-16-19-22-25-28-30-32-33-34-36-38-41-44-47-50-53-56-63(67)72-61(54-51-48-45-42-39-27-24-21-18-15-12-9-3)60(59-71-73(68,69)70-58-57-65(4,5)6)64-62(66)55-52-49-46-43-40-37-35-31-29-26-23-20-17-14-11-8-2/h10-11,13-14,19-20,22-23,28-31,33-34,37-38,40-41,46-47,49-51,54,60-61H,7-9,12,15-18,21,24-27,32,35-36,39,42-45,48,52-53,55-59H2,1-6H3,(H-,64,66,68,69)/b13-10-,14-11+,22-19-,23-20+,30-28-,31-29+,34-33-,40-37+,41-38-,49-46+,50-47-,54-51+. The van der Waals surface area contributed by atoms with Crippen molar-refractivity contribution >= 4 is 19.7 Å². The second-order valence-corrected chi connectivity index (χ2v) is 20.7. The van der Waals surface area contributed by atoms with Gasteiger partial charge in [-0.15, -0.1) is 0 Å². The van der Waals surface area contributed by atoms with E-state index in [4.69, 9.17) is 13.8 Å². The minimum Gasteiger partial charge on any atom is -0.756 e. The van der Waals surface area contributed by atoms with E-state index in [2.05, 4.69) is 135 Å². The van der Waals surface area contributed by atoms with Crippen molar-refractivity contribution in [3.8, 4) is 0 Å². The van der Waals surface area contributed by atoms with Crippen molar-refractivity contribution in [2.24, 2.45) is 0 Å². The van der Waals surface area contributed by atoms with Crippen molar-refractivity contribution in [2.75, 3.05) is 40.9 Å². The lowest BCUT2D eigenvalue weighted by Gasteiger charge is -2.30. The highest BCUT2D eigenvalue weighted by Gasteiger charge is 2.27. The van der Waals surface area contributed by atoms with Gasteiger partial charge >= 0.3 is 5.97 Å². The third-order valence-electron chi connectivity index (χ3n) is 11.3. The zero-order valence-electron chi connectivity index (χ0n) is 46.8. The smallest absolute Gasteiger partial charge is 0.306 e. The first-order valence-corrected chi connectivity index (χ1v) is 29.6. The maximum absolute atomic E-state index is 13.4. The largest absolute Gasteiger partial charge is 0.756 e. The minimum absolute atomic E-state index is 0.0552. The molecule has 0 saturated heterocycles. The molecule has 0 saturated carbocycles. The Morgan fingerprint density at radius 1 is 0.493 bits per heavy atom. The Labute approximate surface area is 447 Å². The van der Waals surface area contributed by atoms with E-state index in [1.54, 1.807) is 6.08 Å². The summed E-state index contributed by atoms with van der Waals surface area (Å²) in [5.74, 6) is -0.751. The summed E-state index contributed by atoms with van der Waals surface area (Å²) in [6.45, 7) is 6.46. The normalized spacial score (nSPS) is 14.9. The topological polar surface area (TPSA) is 114 Å². The molecule has 0 aliphatic carbocycles. The zero-order chi connectivity index (χ0) is 53.6. The summed E-state index contributed by atoms with van der Waals surface area (Å²) in [6.07, 6.45) is 74.2. The van der Waals surface area contributed by atoms with Crippen LogP contribution in [0.5, 0.6) is 0 Å². The molecule has 0 aliphatic heterocycles. The predicted molar refractivity (Wildman–Crippen MR) is 311 cm³/mol. The average molecular weight is 1030 g/mol. The minimum atomic E-state index is -4.74. The molecule has 3 atom stereocenters. The van der Waals surface area contributed by atoms with E-state index >= 15 is 0 Å². The second-order valence-electron chi connectivity index (χ2n) is 19.3. The number of esters is 1. The molecule has 0 aromatic carbocycles. The zero-order valence-corrected chi connectivity index (χ0v) is 47.7. The van der Waals surface area contributed by atoms with Gasteiger partial charge in [-0.2, -0.15) is 0 Å². The number of amides is 1. The van der Waals surface area contributed by atoms with Gasteiger partial charge in [0.15, 0.2) is 0 Å². The molecule has 1 N–H and O–H groups in total. The number of nitrogens with one attached hydrogen (secondary N) is 1. The van der Waals surface area contributed by atoms with Crippen LogP contribution >= 0.6 is 7.82 Å². The number of nitrogens with zero attached hydrogens (tertiary/aromatic N) is 1. The molecule has 10 heteroatoms.